The van der Waals surface area contributed by atoms with Crippen LogP contribution in [-0.2, 0) is 0 Å². The Kier molecular flexibility index (Phi) is 2.90. The molecule has 2 saturated carbocycles. The second-order valence-electron chi connectivity index (χ2n) is 7.77. The summed E-state index contributed by atoms with van der Waals surface area (Å²) in [5.74, 6) is 2.88. The molecular formula is C19H28. The highest BCUT2D eigenvalue weighted by Crippen LogP contribution is 2.60. The first-order valence-corrected chi connectivity index (χ1v) is 8.68. The van der Waals surface area contributed by atoms with Crippen molar-refractivity contribution in [1.82, 2.24) is 0 Å². The quantitative estimate of drug-likeness (QED) is 0.572. The van der Waals surface area contributed by atoms with E-state index in [1.807, 2.05) is 11.1 Å². The Morgan fingerprint density at radius 2 is 1.95 bits per heavy atom. The van der Waals surface area contributed by atoms with E-state index in [4.69, 9.17) is 0 Å². The molecule has 4 aliphatic rings. The highest BCUT2D eigenvalue weighted by atomic mass is 14.5. The van der Waals surface area contributed by atoms with Gasteiger partial charge in [0, 0.05) is 0 Å². The normalized spacial score (nSPS) is 42.6. The second-order valence-corrected chi connectivity index (χ2v) is 7.77. The van der Waals surface area contributed by atoms with Crippen LogP contribution in [0.3, 0.4) is 0 Å². The molecule has 2 fully saturated rings. The minimum absolute atomic E-state index is 0.666. The van der Waals surface area contributed by atoms with Crippen molar-refractivity contribution in [3.05, 3.63) is 23.3 Å². The molecule has 4 aliphatic carbocycles. The van der Waals surface area contributed by atoms with Crippen LogP contribution in [0.2, 0.25) is 0 Å². The molecule has 0 N–H and O–H groups in total. The van der Waals surface area contributed by atoms with Crippen molar-refractivity contribution >= 4 is 0 Å². The number of allylic oxidation sites excluding steroid dienone is 4. The summed E-state index contributed by atoms with van der Waals surface area (Å²) in [4.78, 5) is 0. The van der Waals surface area contributed by atoms with Crippen molar-refractivity contribution in [2.45, 2.75) is 71.1 Å². The molecule has 0 heterocycles. The number of rotatable bonds is 3. The Balaban J connectivity index is 1.58. The summed E-state index contributed by atoms with van der Waals surface area (Å²) in [6, 6.07) is 0. The van der Waals surface area contributed by atoms with E-state index in [9.17, 15) is 0 Å². The van der Waals surface area contributed by atoms with E-state index in [-0.39, 0.29) is 0 Å². The SMILES string of the molecule is C[C@H]1C=C([C@@H]2CCC[C@](C3=CCC3)(C3CCC3)C2)C1. The summed E-state index contributed by atoms with van der Waals surface area (Å²) in [5, 5.41) is 0. The molecule has 0 saturated heterocycles. The predicted molar refractivity (Wildman–Crippen MR) is 80.9 cm³/mol. The van der Waals surface area contributed by atoms with Gasteiger partial charge in [0.15, 0.2) is 0 Å². The molecule has 0 unspecified atom stereocenters. The van der Waals surface area contributed by atoms with Gasteiger partial charge >= 0.3 is 0 Å². The zero-order valence-electron chi connectivity index (χ0n) is 12.5. The minimum atomic E-state index is 0.666. The molecule has 0 spiro atoms. The maximum atomic E-state index is 2.60. The molecule has 0 heteroatoms. The maximum absolute atomic E-state index is 2.60. The van der Waals surface area contributed by atoms with Crippen molar-refractivity contribution in [1.29, 1.82) is 0 Å². The van der Waals surface area contributed by atoms with Crippen LogP contribution in [-0.4, -0.2) is 0 Å². The summed E-state index contributed by atoms with van der Waals surface area (Å²) >= 11 is 0. The first kappa shape index (κ1) is 12.2. The smallest absolute Gasteiger partial charge is 0.00541 e. The number of hydrogen-bond donors (Lipinski definition) is 0. The highest BCUT2D eigenvalue weighted by Gasteiger charge is 2.48. The van der Waals surface area contributed by atoms with Crippen LogP contribution in [0, 0.1) is 23.2 Å². The lowest BCUT2D eigenvalue weighted by Crippen LogP contribution is -2.43. The zero-order valence-corrected chi connectivity index (χ0v) is 12.5. The minimum Gasteiger partial charge on any atom is -0.0844 e. The molecule has 0 aromatic heterocycles. The van der Waals surface area contributed by atoms with Crippen molar-refractivity contribution < 1.29 is 0 Å². The standard InChI is InChI=1S/C19H28/c1-14-11-16(12-14)15-5-4-10-19(13-15,17-6-2-7-17)18-8-3-9-18/h6,11,14-15,18H,2-5,7-10,12-13H2,1H3/t14-,15+,19-/m0/s1. The lowest BCUT2D eigenvalue weighted by Gasteiger charge is -2.54. The Morgan fingerprint density at radius 1 is 1.16 bits per heavy atom. The fraction of sp³-hybridized carbons (Fsp3) is 0.789. The van der Waals surface area contributed by atoms with E-state index < -0.39 is 0 Å². The molecule has 0 nitrogen and oxygen atoms in total. The third-order valence-electron chi connectivity index (χ3n) is 6.70. The van der Waals surface area contributed by atoms with Gasteiger partial charge in [0.25, 0.3) is 0 Å². The fourth-order valence-electron chi connectivity index (χ4n) is 5.26. The van der Waals surface area contributed by atoms with E-state index in [0.717, 1.165) is 17.8 Å². The first-order chi connectivity index (χ1) is 9.28. The van der Waals surface area contributed by atoms with Crippen LogP contribution in [0.5, 0.6) is 0 Å². The predicted octanol–water partition coefficient (Wildman–Crippen LogP) is 5.65. The molecule has 0 amide bonds. The second kappa shape index (κ2) is 4.50. The van der Waals surface area contributed by atoms with Crippen LogP contribution in [0.25, 0.3) is 0 Å². The van der Waals surface area contributed by atoms with Crippen molar-refractivity contribution in [2.24, 2.45) is 23.2 Å². The third-order valence-corrected chi connectivity index (χ3v) is 6.70. The van der Waals surface area contributed by atoms with E-state index in [2.05, 4.69) is 19.1 Å². The van der Waals surface area contributed by atoms with Crippen LogP contribution in [0.15, 0.2) is 23.3 Å². The summed E-state index contributed by atoms with van der Waals surface area (Å²) < 4.78 is 0. The number of hydrogen-bond acceptors (Lipinski definition) is 0. The Labute approximate surface area is 118 Å². The van der Waals surface area contributed by atoms with Gasteiger partial charge in [0.05, 0.1) is 0 Å². The molecule has 0 radical (unpaired) electrons. The molecule has 19 heavy (non-hydrogen) atoms. The summed E-state index contributed by atoms with van der Waals surface area (Å²) in [6.07, 6.45) is 19.9. The average Bonchev–Trinajstić information content (AvgIpc) is 2.19. The van der Waals surface area contributed by atoms with Gasteiger partial charge in [0.2, 0.25) is 0 Å². The van der Waals surface area contributed by atoms with Crippen molar-refractivity contribution in [2.75, 3.05) is 0 Å². The summed E-state index contributed by atoms with van der Waals surface area (Å²) in [6.45, 7) is 2.37. The molecule has 3 atom stereocenters. The fourth-order valence-corrected chi connectivity index (χ4v) is 5.26. The largest absolute Gasteiger partial charge is 0.0844 e. The summed E-state index contributed by atoms with van der Waals surface area (Å²) in [7, 11) is 0. The van der Waals surface area contributed by atoms with Gasteiger partial charge in [-0.15, -0.1) is 0 Å². The Morgan fingerprint density at radius 3 is 2.47 bits per heavy atom. The van der Waals surface area contributed by atoms with E-state index in [1.165, 1.54) is 64.2 Å². The van der Waals surface area contributed by atoms with E-state index >= 15 is 0 Å². The van der Waals surface area contributed by atoms with Gasteiger partial charge in [-0.1, -0.05) is 43.1 Å². The van der Waals surface area contributed by atoms with E-state index in [1.54, 1.807) is 0 Å². The summed E-state index contributed by atoms with van der Waals surface area (Å²) in [5.41, 5.74) is 4.38. The van der Waals surface area contributed by atoms with Crippen LogP contribution >= 0.6 is 0 Å². The van der Waals surface area contributed by atoms with Gasteiger partial charge in [-0.25, -0.2) is 0 Å². The topological polar surface area (TPSA) is 0 Å². The monoisotopic (exact) mass is 256 g/mol. The van der Waals surface area contributed by atoms with E-state index in [0.29, 0.717) is 5.41 Å². The molecule has 104 valence electrons. The van der Waals surface area contributed by atoms with Gasteiger partial charge < -0.3 is 0 Å². The van der Waals surface area contributed by atoms with Gasteiger partial charge in [-0.05, 0) is 74.5 Å². The van der Waals surface area contributed by atoms with Gasteiger partial charge in [0.1, 0.15) is 0 Å². The third kappa shape index (κ3) is 1.86. The van der Waals surface area contributed by atoms with Gasteiger partial charge in [-0.3, -0.25) is 0 Å². The molecule has 0 aliphatic heterocycles. The lowest BCUT2D eigenvalue weighted by molar-refractivity contribution is 0.0504. The van der Waals surface area contributed by atoms with Crippen LogP contribution < -0.4 is 0 Å². The van der Waals surface area contributed by atoms with Gasteiger partial charge in [-0.2, -0.15) is 0 Å². The zero-order chi connectivity index (χ0) is 12.9. The highest BCUT2D eigenvalue weighted by molar-refractivity contribution is 5.28. The molecule has 0 bridgehead atoms. The molecule has 0 aromatic rings. The van der Waals surface area contributed by atoms with Crippen LogP contribution in [0.4, 0.5) is 0 Å². The first-order valence-electron chi connectivity index (χ1n) is 8.68. The Bertz CT molecular complexity index is 423. The van der Waals surface area contributed by atoms with Crippen molar-refractivity contribution in [3.63, 3.8) is 0 Å². The molecular weight excluding hydrogens is 228 g/mol. The average molecular weight is 256 g/mol. The lowest BCUT2D eigenvalue weighted by atomic mass is 9.51. The maximum Gasteiger partial charge on any atom is -0.00541 e. The molecule has 4 rings (SSSR count). The van der Waals surface area contributed by atoms with Crippen molar-refractivity contribution in [3.8, 4) is 0 Å². The molecule has 0 aromatic carbocycles. The van der Waals surface area contributed by atoms with Crippen LogP contribution in [0.1, 0.15) is 71.1 Å². The Hall–Kier alpha value is -0.520.